The van der Waals surface area contributed by atoms with Gasteiger partial charge in [-0.15, -0.1) is 0 Å². The van der Waals surface area contributed by atoms with E-state index in [1.54, 1.807) is 18.7 Å². The van der Waals surface area contributed by atoms with Crippen LogP contribution in [0, 0.1) is 19.3 Å². The van der Waals surface area contributed by atoms with Crippen LogP contribution in [0.15, 0.2) is 55.2 Å². The molecule has 0 unspecified atom stereocenters. The molecule has 1 N–H and O–H groups in total. The highest BCUT2D eigenvalue weighted by molar-refractivity contribution is 5.82. The zero-order valence-electron chi connectivity index (χ0n) is 14.1. The molecule has 6 nitrogen and oxygen atoms in total. The molecule has 0 aromatic carbocycles. The van der Waals surface area contributed by atoms with Gasteiger partial charge < -0.3 is 4.57 Å². The summed E-state index contributed by atoms with van der Waals surface area (Å²) >= 11 is 0. The minimum atomic E-state index is 0.443. The topological polar surface area (TPSA) is 72.4 Å². The molecule has 6 heteroatoms. The van der Waals surface area contributed by atoms with Gasteiger partial charge >= 0.3 is 0 Å². The van der Waals surface area contributed by atoms with Crippen molar-refractivity contribution < 1.29 is 0 Å². The van der Waals surface area contributed by atoms with Crippen molar-refractivity contribution in [3.63, 3.8) is 0 Å². The zero-order chi connectivity index (χ0) is 17.4. The highest BCUT2D eigenvalue weighted by Crippen LogP contribution is 2.24. The first-order valence-electron chi connectivity index (χ1n) is 8.09. The van der Waals surface area contributed by atoms with Crippen molar-refractivity contribution in [2.24, 2.45) is 0 Å². The third kappa shape index (κ3) is 2.52. The van der Waals surface area contributed by atoms with Crippen molar-refractivity contribution in [1.29, 1.82) is 5.41 Å². The van der Waals surface area contributed by atoms with E-state index in [1.807, 2.05) is 54.9 Å². The smallest absolute Gasteiger partial charge is 0.150 e. The third-order valence-electron chi connectivity index (χ3n) is 4.49. The molecule has 0 saturated carbocycles. The summed E-state index contributed by atoms with van der Waals surface area (Å²) in [4.78, 5) is 13.2. The first kappa shape index (κ1) is 15.3. The molecule has 4 aromatic heterocycles. The van der Waals surface area contributed by atoms with Gasteiger partial charge in [-0.1, -0.05) is 6.07 Å². The summed E-state index contributed by atoms with van der Waals surface area (Å²) in [6.45, 7) is 4.61. The molecule has 4 aromatic rings. The van der Waals surface area contributed by atoms with Crippen LogP contribution in [-0.2, 0) is 6.54 Å². The van der Waals surface area contributed by atoms with Crippen LogP contribution < -0.4 is 5.49 Å². The zero-order valence-corrected chi connectivity index (χ0v) is 14.1. The Kier molecular flexibility index (Phi) is 3.65. The largest absolute Gasteiger partial charge is 0.311 e. The van der Waals surface area contributed by atoms with Crippen LogP contribution in [0.5, 0.6) is 0 Å². The Morgan fingerprint density at radius 2 is 1.92 bits per heavy atom. The number of nitrogens with zero attached hydrogens (tertiary/aromatic N) is 5. The fourth-order valence-corrected chi connectivity index (χ4v) is 3.11. The van der Waals surface area contributed by atoms with E-state index in [0.717, 1.165) is 33.7 Å². The minimum Gasteiger partial charge on any atom is -0.311 e. The van der Waals surface area contributed by atoms with Crippen molar-refractivity contribution in [3.8, 4) is 5.69 Å². The predicted molar refractivity (Wildman–Crippen MR) is 95.5 cm³/mol. The SMILES string of the molecule is Cc1c(C)n(-c2cccnc2)c2ncn(Cc3ccccn3)c(=N)c12. The standard InChI is InChI=1S/C19H18N6/c1-13-14(2)25(16-7-5-8-21-10-16)19-17(13)18(20)24(12-23-19)11-15-6-3-4-9-22-15/h3-10,12,20H,11H2,1-2H3. The first-order chi connectivity index (χ1) is 12.2. The van der Waals surface area contributed by atoms with Crippen LogP contribution in [0.1, 0.15) is 17.0 Å². The average molecular weight is 330 g/mol. The molecule has 124 valence electrons. The van der Waals surface area contributed by atoms with E-state index in [1.165, 1.54) is 0 Å². The number of pyridine rings is 2. The van der Waals surface area contributed by atoms with E-state index in [4.69, 9.17) is 5.41 Å². The van der Waals surface area contributed by atoms with Crippen LogP contribution in [0.4, 0.5) is 0 Å². The van der Waals surface area contributed by atoms with Gasteiger partial charge in [0.2, 0.25) is 0 Å². The van der Waals surface area contributed by atoms with Gasteiger partial charge in [-0.05, 0) is 43.7 Å². The maximum atomic E-state index is 8.67. The second-order valence-electron chi connectivity index (χ2n) is 6.00. The second-order valence-corrected chi connectivity index (χ2v) is 6.00. The van der Waals surface area contributed by atoms with Gasteiger partial charge in [0.15, 0.2) is 5.65 Å². The van der Waals surface area contributed by atoms with Crippen molar-refractivity contribution in [2.45, 2.75) is 20.4 Å². The Morgan fingerprint density at radius 3 is 2.64 bits per heavy atom. The Morgan fingerprint density at radius 1 is 1.04 bits per heavy atom. The minimum absolute atomic E-state index is 0.443. The van der Waals surface area contributed by atoms with Crippen LogP contribution in [0.3, 0.4) is 0 Å². The second kappa shape index (κ2) is 5.98. The summed E-state index contributed by atoms with van der Waals surface area (Å²) < 4.78 is 3.88. The Bertz CT molecular complexity index is 1090. The van der Waals surface area contributed by atoms with E-state index < -0.39 is 0 Å². The third-order valence-corrected chi connectivity index (χ3v) is 4.49. The Labute approximate surface area is 145 Å². The Hall–Kier alpha value is -3.28. The summed E-state index contributed by atoms with van der Waals surface area (Å²) in [7, 11) is 0. The molecular formula is C19H18N6. The van der Waals surface area contributed by atoms with Gasteiger partial charge in [0, 0.05) is 18.1 Å². The molecule has 0 aliphatic carbocycles. The van der Waals surface area contributed by atoms with Crippen molar-refractivity contribution >= 4 is 11.0 Å². The molecule has 0 saturated heterocycles. The summed E-state index contributed by atoms with van der Waals surface area (Å²) in [5.74, 6) is 0. The van der Waals surface area contributed by atoms with Gasteiger partial charge in [0.05, 0.1) is 35.8 Å². The van der Waals surface area contributed by atoms with E-state index in [2.05, 4.69) is 19.5 Å². The van der Waals surface area contributed by atoms with Gasteiger partial charge in [-0.2, -0.15) is 0 Å². The monoisotopic (exact) mass is 330 g/mol. The van der Waals surface area contributed by atoms with Gasteiger partial charge in [0.25, 0.3) is 0 Å². The average Bonchev–Trinajstić information content (AvgIpc) is 2.90. The molecule has 0 aliphatic heterocycles. The number of fused-ring (bicyclic) bond motifs is 1. The molecule has 25 heavy (non-hydrogen) atoms. The van der Waals surface area contributed by atoms with Gasteiger partial charge in [-0.25, -0.2) is 4.98 Å². The number of hydrogen-bond acceptors (Lipinski definition) is 4. The predicted octanol–water partition coefficient (Wildman–Crippen LogP) is 2.76. The van der Waals surface area contributed by atoms with E-state index in [0.29, 0.717) is 12.0 Å². The summed E-state index contributed by atoms with van der Waals surface area (Å²) in [6.07, 6.45) is 7.04. The molecule has 0 spiro atoms. The molecule has 4 rings (SSSR count). The van der Waals surface area contributed by atoms with Gasteiger partial charge in [0.1, 0.15) is 5.49 Å². The number of nitrogens with one attached hydrogen (secondary N) is 1. The molecule has 0 radical (unpaired) electrons. The number of aromatic nitrogens is 5. The summed E-state index contributed by atoms with van der Waals surface area (Å²) in [5, 5.41) is 9.53. The van der Waals surface area contributed by atoms with E-state index in [9.17, 15) is 0 Å². The number of aryl methyl sites for hydroxylation is 1. The quantitative estimate of drug-likeness (QED) is 0.628. The lowest BCUT2D eigenvalue weighted by Crippen LogP contribution is -2.22. The highest BCUT2D eigenvalue weighted by Gasteiger charge is 2.16. The van der Waals surface area contributed by atoms with Crippen molar-refractivity contribution in [1.82, 2.24) is 24.1 Å². The summed E-state index contributed by atoms with van der Waals surface area (Å²) in [6, 6.07) is 9.70. The van der Waals surface area contributed by atoms with E-state index >= 15 is 0 Å². The molecular weight excluding hydrogens is 312 g/mol. The maximum absolute atomic E-state index is 8.67. The van der Waals surface area contributed by atoms with Crippen LogP contribution in [0.2, 0.25) is 0 Å². The van der Waals surface area contributed by atoms with Crippen molar-refractivity contribution in [2.75, 3.05) is 0 Å². The number of hydrogen-bond donors (Lipinski definition) is 1. The lowest BCUT2D eigenvalue weighted by molar-refractivity contribution is 0.706. The van der Waals surface area contributed by atoms with E-state index in [-0.39, 0.29) is 0 Å². The molecule has 0 aliphatic rings. The molecule has 0 bridgehead atoms. The normalized spacial score (nSPS) is 11.1. The fourth-order valence-electron chi connectivity index (χ4n) is 3.11. The van der Waals surface area contributed by atoms with Crippen LogP contribution >= 0.6 is 0 Å². The maximum Gasteiger partial charge on any atom is 0.150 e. The van der Waals surface area contributed by atoms with Crippen LogP contribution in [0.25, 0.3) is 16.7 Å². The molecule has 4 heterocycles. The molecule has 0 fully saturated rings. The number of rotatable bonds is 3. The highest BCUT2D eigenvalue weighted by atomic mass is 15.1. The first-order valence-corrected chi connectivity index (χ1v) is 8.09. The van der Waals surface area contributed by atoms with Crippen LogP contribution in [-0.4, -0.2) is 24.1 Å². The Balaban J connectivity index is 1.91. The van der Waals surface area contributed by atoms with Crippen molar-refractivity contribution in [3.05, 3.63) is 77.7 Å². The molecule has 0 amide bonds. The summed E-state index contributed by atoms with van der Waals surface area (Å²) in [5.41, 5.74) is 5.21. The lowest BCUT2D eigenvalue weighted by atomic mass is 10.2. The lowest BCUT2D eigenvalue weighted by Gasteiger charge is -2.09. The van der Waals surface area contributed by atoms with Gasteiger partial charge in [-0.3, -0.25) is 19.9 Å². The molecule has 0 atom stereocenters. The fraction of sp³-hybridized carbons (Fsp3) is 0.158.